The van der Waals surface area contributed by atoms with Gasteiger partial charge in [-0.15, -0.1) is 0 Å². The van der Waals surface area contributed by atoms with Gasteiger partial charge in [-0.1, -0.05) is 54.5 Å². The van der Waals surface area contributed by atoms with Gasteiger partial charge in [0, 0.05) is 4.83 Å². The highest BCUT2D eigenvalue weighted by Crippen LogP contribution is 2.40. The summed E-state index contributed by atoms with van der Waals surface area (Å²) in [6.45, 7) is 0. The lowest BCUT2D eigenvalue weighted by Gasteiger charge is -2.15. The van der Waals surface area contributed by atoms with Gasteiger partial charge < -0.3 is 0 Å². The number of halogens is 1. The molecule has 1 atom stereocenters. The van der Waals surface area contributed by atoms with Crippen LogP contribution in [0.4, 0.5) is 0 Å². The molecule has 0 aromatic heterocycles. The van der Waals surface area contributed by atoms with Crippen LogP contribution in [-0.4, -0.2) is 4.83 Å². The van der Waals surface area contributed by atoms with Crippen molar-refractivity contribution in [3.63, 3.8) is 0 Å². The van der Waals surface area contributed by atoms with Crippen LogP contribution in [-0.2, 0) is 0 Å². The third-order valence-corrected chi connectivity index (χ3v) is 5.16. The van der Waals surface area contributed by atoms with E-state index in [4.69, 9.17) is 0 Å². The van der Waals surface area contributed by atoms with Crippen molar-refractivity contribution >= 4 is 15.9 Å². The minimum absolute atomic E-state index is 0.853. The first kappa shape index (κ1) is 11.0. The molecule has 0 aliphatic heterocycles. The van der Waals surface area contributed by atoms with E-state index >= 15 is 0 Å². The molecule has 2 saturated carbocycles. The van der Waals surface area contributed by atoms with Gasteiger partial charge in [0.05, 0.1) is 0 Å². The largest absolute Gasteiger partial charge is 0.0888 e. The monoisotopic (exact) mass is 258 g/mol. The van der Waals surface area contributed by atoms with Gasteiger partial charge in [0.15, 0.2) is 0 Å². The predicted molar refractivity (Wildman–Crippen MR) is 65.9 cm³/mol. The molecule has 1 heteroatoms. The maximum absolute atomic E-state index is 3.85. The maximum Gasteiger partial charge on any atom is 0.0174 e. The quantitative estimate of drug-likeness (QED) is 0.497. The molecule has 0 heterocycles. The molecule has 0 amide bonds. The zero-order chi connectivity index (χ0) is 9.80. The molecular weight excluding hydrogens is 236 g/mol. The molecule has 0 bridgehead atoms. The van der Waals surface area contributed by atoms with E-state index in [1.54, 1.807) is 0 Å². The van der Waals surface area contributed by atoms with Gasteiger partial charge >= 0.3 is 0 Å². The standard InChI is InChI=1S/C13H23Br/c14-13(12-8-9-12)10-7-11-5-3-1-2-4-6-11/h11-13H,1-10H2. The number of alkyl halides is 1. The Balaban J connectivity index is 1.62. The van der Waals surface area contributed by atoms with E-state index < -0.39 is 0 Å². The lowest BCUT2D eigenvalue weighted by atomic mass is 9.93. The average molecular weight is 259 g/mol. The average Bonchev–Trinajstić information content (AvgIpc) is 3.01. The molecule has 0 N–H and O–H groups in total. The van der Waals surface area contributed by atoms with Crippen LogP contribution in [0.2, 0.25) is 0 Å². The van der Waals surface area contributed by atoms with E-state index in [0.29, 0.717) is 0 Å². The van der Waals surface area contributed by atoms with Gasteiger partial charge in [-0.05, 0) is 37.5 Å². The van der Waals surface area contributed by atoms with Gasteiger partial charge in [-0.2, -0.15) is 0 Å². The Morgan fingerprint density at radius 1 is 0.929 bits per heavy atom. The summed E-state index contributed by atoms with van der Waals surface area (Å²) in [6, 6.07) is 0. The first-order valence-electron chi connectivity index (χ1n) is 6.50. The van der Waals surface area contributed by atoms with Gasteiger partial charge in [0.2, 0.25) is 0 Å². The highest BCUT2D eigenvalue weighted by atomic mass is 79.9. The molecule has 2 aliphatic carbocycles. The summed E-state index contributed by atoms with van der Waals surface area (Å²) in [5, 5.41) is 0. The first-order valence-corrected chi connectivity index (χ1v) is 7.42. The second-order valence-electron chi connectivity index (χ2n) is 5.29. The van der Waals surface area contributed by atoms with Crippen molar-refractivity contribution in [2.45, 2.75) is 69.0 Å². The van der Waals surface area contributed by atoms with E-state index in [1.165, 1.54) is 64.2 Å². The van der Waals surface area contributed by atoms with Crippen molar-refractivity contribution in [1.82, 2.24) is 0 Å². The molecule has 2 fully saturated rings. The maximum atomic E-state index is 3.85. The van der Waals surface area contributed by atoms with Crippen molar-refractivity contribution in [2.75, 3.05) is 0 Å². The summed E-state index contributed by atoms with van der Waals surface area (Å²) in [5.74, 6) is 2.11. The van der Waals surface area contributed by atoms with Crippen molar-refractivity contribution in [2.24, 2.45) is 11.8 Å². The molecule has 0 aromatic carbocycles. The molecule has 0 aromatic rings. The zero-order valence-electron chi connectivity index (χ0n) is 9.18. The highest BCUT2D eigenvalue weighted by Gasteiger charge is 2.29. The Kier molecular flexibility index (Phi) is 4.34. The fourth-order valence-electron chi connectivity index (χ4n) is 2.74. The Labute approximate surface area is 97.0 Å². The Morgan fingerprint density at radius 3 is 2.14 bits per heavy atom. The van der Waals surface area contributed by atoms with Gasteiger partial charge in [-0.25, -0.2) is 0 Å². The molecule has 14 heavy (non-hydrogen) atoms. The number of rotatable bonds is 4. The summed E-state index contributed by atoms with van der Waals surface area (Å²) < 4.78 is 0. The normalized spacial score (nSPS) is 27.2. The molecule has 82 valence electrons. The van der Waals surface area contributed by atoms with E-state index in [0.717, 1.165) is 16.7 Å². The summed E-state index contributed by atoms with van der Waals surface area (Å²) in [5.41, 5.74) is 0. The smallest absolute Gasteiger partial charge is 0.0174 e. The highest BCUT2D eigenvalue weighted by molar-refractivity contribution is 9.09. The predicted octanol–water partition coefficient (Wildman–Crippen LogP) is 4.91. The molecule has 2 aliphatic rings. The lowest BCUT2D eigenvalue weighted by Crippen LogP contribution is -2.06. The Hall–Kier alpha value is 0.480. The Morgan fingerprint density at radius 2 is 1.57 bits per heavy atom. The molecular formula is C13H23Br. The van der Waals surface area contributed by atoms with Crippen LogP contribution < -0.4 is 0 Å². The molecule has 0 nitrogen and oxygen atoms in total. The van der Waals surface area contributed by atoms with E-state index in [1.807, 2.05) is 0 Å². The summed E-state index contributed by atoms with van der Waals surface area (Å²) in [4.78, 5) is 0.853. The number of hydrogen-bond acceptors (Lipinski definition) is 0. The van der Waals surface area contributed by atoms with E-state index in [-0.39, 0.29) is 0 Å². The fraction of sp³-hybridized carbons (Fsp3) is 1.00. The van der Waals surface area contributed by atoms with Crippen LogP contribution >= 0.6 is 15.9 Å². The van der Waals surface area contributed by atoms with Crippen LogP contribution in [0.15, 0.2) is 0 Å². The Bertz CT molecular complexity index is 155. The molecule has 2 rings (SSSR count). The molecule has 0 radical (unpaired) electrons. The van der Waals surface area contributed by atoms with Crippen molar-refractivity contribution < 1.29 is 0 Å². The number of hydrogen-bond donors (Lipinski definition) is 0. The van der Waals surface area contributed by atoms with Crippen molar-refractivity contribution in [3.05, 3.63) is 0 Å². The van der Waals surface area contributed by atoms with E-state index in [9.17, 15) is 0 Å². The summed E-state index contributed by atoms with van der Waals surface area (Å²) in [6.07, 6.45) is 14.9. The topological polar surface area (TPSA) is 0 Å². The minimum Gasteiger partial charge on any atom is -0.0888 e. The molecule has 1 unspecified atom stereocenters. The third-order valence-electron chi connectivity index (χ3n) is 3.96. The lowest BCUT2D eigenvalue weighted by molar-refractivity contribution is 0.409. The van der Waals surface area contributed by atoms with Crippen molar-refractivity contribution in [3.8, 4) is 0 Å². The second kappa shape index (κ2) is 5.53. The van der Waals surface area contributed by atoms with Gasteiger partial charge in [0.1, 0.15) is 0 Å². The third kappa shape index (κ3) is 3.56. The molecule has 0 spiro atoms. The van der Waals surface area contributed by atoms with Crippen LogP contribution in [0.3, 0.4) is 0 Å². The first-order chi connectivity index (χ1) is 6.86. The van der Waals surface area contributed by atoms with Gasteiger partial charge in [0.25, 0.3) is 0 Å². The summed E-state index contributed by atoms with van der Waals surface area (Å²) in [7, 11) is 0. The SMILES string of the molecule is BrC(CCC1CCCCCC1)C1CC1. The van der Waals surface area contributed by atoms with Crippen molar-refractivity contribution in [1.29, 1.82) is 0 Å². The van der Waals surface area contributed by atoms with Crippen LogP contribution in [0.5, 0.6) is 0 Å². The van der Waals surface area contributed by atoms with E-state index in [2.05, 4.69) is 15.9 Å². The zero-order valence-corrected chi connectivity index (χ0v) is 10.8. The fourth-order valence-corrected chi connectivity index (χ4v) is 3.53. The second-order valence-corrected chi connectivity index (χ2v) is 6.46. The summed E-state index contributed by atoms with van der Waals surface area (Å²) >= 11 is 3.85. The van der Waals surface area contributed by atoms with Gasteiger partial charge in [-0.3, -0.25) is 0 Å². The van der Waals surface area contributed by atoms with Crippen LogP contribution in [0, 0.1) is 11.8 Å². The van der Waals surface area contributed by atoms with Crippen LogP contribution in [0.25, 0.3) is 0 Å². The van der Waals surface area contributed by atoms with Crippen LogP contribution in [0.1, 0.15) is 64.2 Å². The minimum atomic E-state index is 0.853. The molecule has 0 saturated heterocycles.